The van der Waals surface area contributed by atoms with Gasteiger partial charge in [-0.05, 0) is 37.1 Å². The van der Waals surface area contributed by atoms with Gasteiger partial charge in [0.25, 0.3) is 0 Å². The van der Waals surface area contributed by atoms with Gasteiger partial charge in [0.1, 0.15) is 5.78 Å². The van der Waals surface area contributed by atoms with Crippen molar-refractivity contribution in [3.63, 3.8) is 0 Å². The Kier molecular flexibility index (Phi) is 3.69. The van der Waals surface area contributed by atoms with Crippen LogP contribution in [-0.2, 0) is 14.8 Å². The maximum absolute atomic E-state index is 12.4. The second-order valence-corrected chi connectivity index (χ2v) is 6.51. The number of nitriles is 1. The van der Waals surface area contributed by atoms with Crippen LogP contribution in [0.4, 0.5) is 0 Å². The van der Waals surface area contributed by atoms with Crippen molar-refractivity contribution in [1.82, 2.24) is 4.31 Å². The molecule has 0 aromatic heterocycles. The highest BCUT2D eigenvalue weighted by molar-refractivity contribution is 7.89. The number of carbonyl (C=O) groups is 1. The third-order valence-corrected chi connectivity index (χ3v) is 5.01. The highest BCUT2D eigenvalue weighted by Crippen LogP contribution is 2.21. The number of carbonyl (C=O) groups excluding carboxylic acids is 1. The Hall–Kier alpha value is -1.71. The van der Waals surface area contributed by atoms with Crippen LogP contribution < -0.4 is 0 Å². The second kappa shape index (κ2) is 5.11. The van der Waals surface area contributed by atoms with E-state index >= 15 is 0 Å². The predicted octanol–water partition coefficient (Wildman–Crippen LogP) is 1.22. The number of Topliss-reactive ketones (excluding diaryl/α,β-unsaturated/α-hetero) is 1. The van der Waals surface area contributed by atoms with Crippen LogP contribution in [-0.4, -0.2) is 31.6 Å². The Bertz CT molecular complexity index is 659. The van der Waals surface area contributed by atoms with Crippen LogP contribution in [0.3, 0.4) is 0 Å². The van der Waals surface area contributed by atoms with Gasteiger partial charge in [0.2, 0.25) is 10.0 Å². The van der Waals surface area contributed by atoms with Gasteiger partial charge in [-0.2, -0.15) is 9.57 Å². The first kappa shape index (κ1) is 13.7. The number of nitrogens with zero attached hydrogens (tertiary/aromatic N) is 2. The number of benzene rings is 1. The van der Waals surface area contributed by atoms with Crippen molar-refractivity contribution in [1.29, 1.82) is 5.26 Å². The zero-order valence-electron chi connectivity index (χ0n) is 10.6. The minimum Gasteiger partial charge on any atom is -0.298 e. The average molecular weight is 278 g/mol. The van der Waals surface area contributed by atoms with E-state index in [1.807, 2.05) is 6.07 Å². The molecule has 1 heterocycles. The van der Waals surface area contributed by atoms with Crippen LogP contribution in [0.5, 0.6) is 0 Å². The summed E-state index contributed by atoms with van der Waals surface area (Å²) in [5, 5.41) is 8.84. The number of hydrogen-bond acceptors (Lipinski definition) is 4. The quantitative estimate of drug-likeness (QED) is 0.815. The summed E-state index contributed by atoms with van der Waals surface area (Å²) >= 11 is 0. The summed E-state index contributed by atoms with van der Waals surface area (Å²) in [6.07, 6.45) is 1.01. The molecule has 0 amide bonds. The fourth-order valence-electron chi connectivity index (χ4n) is 2.08. The summed E-state index contributed by atoms with van der Waals surface area (Å²) in [5.74, 6) is -0.0554. The van der Waals surface area contributed by atoms with Gasteiger partial charge in [-0.15, -0.1) is 0 Å². The molecule has 0 aliphatic carbocycles. The molecule has 6 heteroatoms. The molecule has 19 heavy (non-hydrogen) atoms. The summed E-state index contributed by atoms with van der Waals surface area (Å²) < 4.78 is 26.0. The van der Waals surface area contributed by atoms with Crippen LogP contribution in [0.2, 0.25) is 0 Å². The lowest BCUT2D eigenvalue weighted by Gasteiger charge is -2.25. The molecule has 5 nitrogen and oxygen atoms in total. The summed E-state index contributed by atoms with van der Waals surface area (Å²) in [7, 11) is -3.64. The Balaban J connectivity index is 2.37. The van der Waals surface area contributed by atoms with Gasteiger partial charge in [-0.1, -0.05) is 0 Å². The summed E-state index contributed by atoms with van der Waals surface area (Å²) in [5.41, 5.74) is 1.07. The molecule has 0 radical (unpaired) electrons. The third-order valence-electron chi connectivity index (χ3n) is 3.17. The molecule has 0 saturated carbocycles. The smallest absolute Gasteiger partial charge is 0.243 e. The number of hydrogen-bond donors (Lipinski definition) is 0. The van der Waals surface area contributed by atoms with Crippen LogP contribution >= 0.6 is 0 Å². The molecule has 0 unspecified atom stereocenters. The van der Waals surface area contributed by atoms with E-state index in [2.05, 4.69) is 0 Å². The Morgan fingerprint density at radius 2 is 2.11 bits per heavy atom. The molecule has 1 saturated heterocycles. The van der Waals surface area contributed by atoms with E-state index in [9.17, 15) is 13.2 Å². The van der Waals surface area contributed by atoms with Crippen molar-refractivity contribution >= 4 is 15.8 Å². The standard InChI is InChI=1S/C13H14N2O3S/c1-10-7-13(5-4-11(10)8-14)19(17,18)15-6-2-3-12(16)9-15/h4-5,7H,2-3,6,9H2,1H3. The van der Waals surface area contributed by atoms with E-state index in [4.69, 9.17) is 5.26 Å². The molecule has 0 N–H and O–H groups in total. The molecule has 0 bridgehead atoms. The van der Waals surface area contributed by atoms with Gasteiger partial charge in [0, 0.05) is 13.0 Å². The topological polar surface area (TPSA) is 78.2 Å². The van der Waals surface area contributed by atoms with E-state index < -0.39 is 10.0 Å². The lowest BCUT2D eigenvalue weighted by atomic mass is 10.1. The first-order chi connectivity index (χ1) is 8.95. The average Bonchev–Trinajstić information content (AvgIpc) is 2.38. The monoisotopic (exact) mass is 278 g/mol. The van der Waals surface area contributed by atoms with Gasteiger partial charge < -0.3 is 0 Å². The fraction of sp³-hybridized carbons (Fsp3) is 0.385. The molecule has 2 rings (SSSR count). The maximum atomic E-state index is 12.4. The number of aryl methyl sites for hydroxylation is 1. The summed E-state index contributed by atoms with van der Waals surface area (Å²) in [4.78, 5) is 11.5. The van der Waals surface area contributed by atoms with Gasteiger partial charge in [0.05, 0.1) is 23.1 Å². The van der Waals surface area contributed by atoms with Crippen LogP contribution in [0.15, 0.2) is 23.1 Å². The van der Waals surface area contributed by atoms with Gasteiger partial charge in [-0.3, -0.25) is 4.79 Å². The van der Waals surface area contributed by atoms with Gasteiger partial charge >= 0.3 is 0 Å². The molecule has 1 aromatic rings. The Morgan fingerprint density at radius 1 is 1.37 bits per heavy atom. The summed E-state index contributed by atoms with van der Waals surface area (Å²) in [6, 6.07) is 6.39. The molecule has 1 aliphatic heterocycles. The van der Waals surface area contributed by atoms with Crippen molar-refractivity contribution in [2.45, 2.75) is 24.7 Å². The van der Waals surface area contributed by atoms with Crippen molar-refractivity contribution in [3.05, 3.63) is 29.3 Å². The molecule has 1 fully saturated rings. The largest absolute Gasteiger partial charge is 0.298 e. The predicted molar refractivity (Wildman–Crippen MR) is 68.9 cm³/mol. The van der Waals surface area contributed by atoms with E-state index in [0.29, 0.717) is 30.5 Å². The van der Waals surface area contributed by atoms with Crippen molar-refractivity contribution < 1.29 is 13.2 Å². The molecular formula is C13H14N2O3S. The number of piperidine rings is 1. The van der Waals surface area contributed by atoms with E-state index in [1.165, 1.54) is 22.5 Å². The lowest BCUT2D eigenvalue weighted by Crippen LogP contribution is -2.40. The second-order valence-electron chi connectivity index (χ2n) is 4.57. The third kappa shape index (κ3) is 2.67. The Morgan fingerprint density at radius 3 is 2.68 bits per heavy atom. The Labute approximate surface area is 112 Å². The molecule has 1 aliphatic rings. The van der Waals surface area contributed by atoms with Crippen LogP contribution in [0.1, 0.15) is 24.0 Å². The molecular weight excluding hydrogens is 264 g/mol. The zero-order valence-corrected chi connectivity index (χ0v) is 11.4. The van der Waals surface area contributed by atoms with Crippen molar-refractivity contribution in [3.8, 4) is 6.07 Å². The van der Waals surface area contributed by atoms with Crippen LogP contribution in [0, 0.1) is 18.3 Å². The van der Waals surface area contributed by atoms with Crippen LogP contribution in [0.25, 0.3) is 0 Å². The van der Waals surface area contributed by atoms with Crippen molar-refractivity contribution in [2.75, 3.05) is 13.1 Å². The van der Waals surface area contributed by atoms with Crippen molar-refractivity contribution in [2.24, 2.45) is 0 Å². The number of sulfonamides is 1. The van der Waals surface area contributed by atoms with E-state index in [1.54, 1.807) is 6.92 Å². The fourth-order valence-corrected chi connectivity index (χ4v) is 3.63. The summed E-state index contributed by atoms with van der Waals surface area (Å²) in [6.45, 7) is 2.01. The van der Waals surface area contributed by atoms with Gasteiger partial charge in [0.15, 0.2) is 0 Å². The maximum Gasteiger partial charge on any atom is 0.243 e. The number of rotatable bonds is 2. The van der Waals surface area contributed by atoms with E-state index in [-0.39, 0.29) is 17.2 Å². The minimum absolute atomic E-state index is 0.0542. The first-order valence-electron chi connectivity index (χ1n) is 5.98. The van der Waals surface area contributed by atoms with E-state index in [0.717, 1.165) is 0 Å². The lowest BCUT2D eigenvalue weighted by molar-refractivity contribution is -0.120. The normalized spacial score (nSPS) is 17.2. The molecule has 0 atom stereocenters. The SMILES string of the molecule is Cc1cc(S(=O)(=O)N2CCCC(=O)C2)ccc1C#N. The minimum atomic E-state index is -3.64. The highest BCUT2D eigenvalue weighted by Gasteiger charge is 2.29. The first-order valence-corrected chi connectivity index (χ1v) is 7.42. The van der Waals surface area contributed by atoms with Gasteiger partial charge in [-0.25, -0.2) is 8.42 Å². The highest BCUT2D eigenvalue weighted by atomic mass is 32.2. The molecule has 1 aromatic carbocycles. The zero-order chi connectivity index (χ0) is 14.0. The molecule has 0 spiro atoms. The molecule has 100 valence electrons. The number of ketones is 1.